The first-order valence-electron chi connectivity index (χ1n) is 8.77. The highest BCUT2D eigenvalue weighted by atomic mass is 16.3. The summed E-state index contributed by atoms with van der Waals surface area (Å²) in [5.74, 6) is 0.320. The standard InChI is InChI=1S/C19H22N4O2/c1-13-10-20-22(11-13)12-15-5-3-4-8-23(15)19(24)18-9-16-17(25-18)7-6-14(2)21-16/h6-7,9-11,15H,3-5,8,12H2,1-2H3/t15-/m0/s1. The van der Waals surface area contributed by atoms with Crippen molar-refractivity contribution < 1.29 is 9.21 Å². The zero-order valence-electron chi connectivity index (χ0n) is 14.6. The predicted molar refractivity (Wildman–Crippen MR) is 94.4 cm³/mol. The van der Waals surface area contributed by atoms with Crippen molar-refractivity contribution >= 4 is 17.0 Å². The Kier molecular flexibility index (Phi) is 4.03. The minimum atomic E-state index is -0.0516. The van der Waals surface area contributed by atoms with Crippen LogP contribution in [0.2, 0.25) is 0 Å². The molecule has 0 saturated carbocycles. The van der Waals surface area contributed by atoms with Gasteiger partial charge in [0.05, 0.1) is 18.8 Å². The van der Waals surface area contributed by atoms with E-state index in [0.717, 1.165) is 49.1 Å². The van der Waals surface area contributed by atoms with E-state index in [0.29, 0.717) is 11.3 Å². The zero-order chi connectivity index (χ0) is 17.4. The molecule has 1 atom stereocenters. The van der Waals surface area contributed by atoms with Gasteiger partial charge in [-0.25, -0.2) is 4.98 Å². The van der Waals surface area contributed by atoms with Crippen LogP contribution in [0.3, 0.4) is 0 Å². The van der Waals surface area contributed by atoms with E-state index in [2.05, 4.69) is 10.1 Å². The number of aromatic nitrogens is 3. The molecule has 6 nitrogen and oxygen atoms in total. The molecule has 1 aliphatic rings. The number of nitrogens with zero attached hydrogens (tertiary/aromatic N) is 4. The molecule has 3 aromatic heterocycles. The molecule has 3 aromatic rings. The van der Waals surface area contributed by atoms with Gasteiger partial charge in [-0.2, -0.15) is 5.10 Å². The van der Waals surface area contributed by atoms with Gasteiger partial charge in [-0.3, -0.25) is 9.48 Å². The molecule has 1 aliphatic heterocycles. The Labute approximate surface area is 146 Å². The van der Waals surface area contributed by atoms with Gasteiger partial charge in [0, 0.05) is 24.5 Å². The maximum absolute atomic E-state index is 13.0. The number of pyridine rings is 1. The smallest absolute Gasteiger partial charge is 0.289 e. The molecule has 0 aromatic carbocycles. The number of furan rings is 1. The van der Waals surface area contributed by atoms with Gasteiger partial charge >= 0.3 is 0 Å². The van der Waals surface area contributed by atoms with Crippen LogP contribution in [0.15, 0.2) is 35.0 Å². The SMILES string of the molecule is Cc1cnn(C[C@@H]2CCCCN2C(=O)c2cc3nc(C)ccc3o2)c1. The van der Waals surface area contributed by atoms with Crippen LogP contribution in [0.5, 0.6) is 0 Å². The summed E-state index contributed by atoms with van der Waals surface area (Å²) in [6, 6.07) is 5.66. The lowest BCUT2D eigenvalue weighted by Crippen LogP contribution is -2.45. The second kappa shape index (κ2) is 6.35. The zero-order valence-corrected chi connectivity index (χ0v) is 14.6. The lowest BCUT2D eigenvalue weighted by molar-refractivity contribution is 0.0554. The number of rotatable bonds is 3. The number of fused-ring (bicyclic) bond motifs is 1. The van der Waals surface area contributed by atoms with Gasteiger partial charge in [-0.05, 0) is 50.8 Å². The molecule has 0 radical (unpaired) electrons. The van der Waals surface area contributed by atoms with Crippen LogP contribution in [0.1, 0.15) is 41.1 Å². The van der Waals surface area contributed by atoms with E-state index in [1.807, 2.05) is 48.0 Å². The molecule has 1 saturated heterocycles. The first kappa shape index (κ1) is 15.9. The van der Waals surface area contributed by atoms with Gasteiger partial charge < -0.3 is 9.32 Å². The van der Waals surface area contributed by atoms with Crippen LogP contribution < -0.4 is 0 Å². The summed E-state index contributed by atoms with van der Waals surface area (Å²) in [4.78, 5) is 19.4. The molecule has 25 heavy (non-hydrogen) atoms. The van der Waals surface area contributed by atoms with Crippen LogP contribution in [0, 0.1) is 13.8 Å². The Morgan fingerprint density at radius 2 is 2.20 bits per heavy atom. The highest BCUT2D eigenvalue weighted by Crippen LogP contribution is 2.24. The highest BCUT2D eigenvalue weighted by molar-refractivity contribution is 5.95. The van der Waals surface area contributed by atoms with Gasteiger partial charge in [0.2, 0.25) is 0 Å². The summed E-state index contributed by atoms with van der Waals surface area (Å²) >= 11 is 0. The van der Waals surface area contributed by atoms with E-state index in [1.165, 1.54) is 0 Å². The third-order valence-electron chi connectivity index (χ3n) is 4.77. The topological polar surface area (TPSA) is 64.2 Å². The largest absolute Gasteiger partial charge is 0.449 e. The summed E-state index contributed by atoms with van der Waals surface area (Å²) in [5.41, 5.74) is 3.44. The van der Waals surface area contributed by atoms with Crippen LogP contribution >= 0.6 is 0 Å². The van der Waals surface area contributed by atoms with E-state index in [4.69, 9.17) is 4.42 Å². The summed E-state index contributed by atoms with van der Waals surface area (Å²) in [5, 5.41) is 4.37. The summed E-state index contributed by atoms with van der Waals surface area (Å²) in [6.07, 6.45) is 7.02. The summed E-state index contributed by atoms with van der Waals surface area (Å²) in [7, 11) is 0. The van der Waals surface area contributed by atoms with E-state index < -0.39 is 0 Å². The minimum Gasteiger partial charge on any atom is -0.449 e. The van der Waals surface area contributed by atoms with Crippen LogP contribution in [-0.4, -0.2) is 38.2 Å². The number of hydrogen-bond donors (Lipinski definition) is 0. The molecular weight excluding hydrogens is 316 g/mol. The van der Waals surface area contributed by atoms with Gasteiger partial charge in [0.25, 0.3) is 5.91 Å². The molecule has 0 bridgehead atoms. The first-order chi connectivity index (χ1) is 12.1. The Balaban J connectivity index is 1.59. The molecule has 4 rings (SSSR count). The van der Waals surface area contributed by atoms with Gasteiger partial charge in [-0.15, -0.1) is 0 Å². The third kappa shape index (κ3) is 3.16. The Bertz CT molecular complexity index is 911. The molecule has 130 valence electrons. The summed E-state index contributed by atoms with van der Waals surface area (Å²) in [6.45, 7) is 5.43. The number of carbonyl (C=O) groups excluding carboxylic acids is 1. The van der Waals surface area contributed by atoms with Crippen LogP contribution in [0.25, 0.3) is 11.1 Å². The molecule has 0 spiro atoms. The highest BCUT2D eigenvalue weighted by Gasteiger charge is 2.30. The van der Waals surface area contributed by atoms with Crippen molar-refractivity contribution in [1.29, 1.82) is 0 Å². The molecule has 1 amide bonds. The lowest BCUT2D eigenvalue weighted by atomic mass is 10.0. The maximum atomic E-state index is 13.0. The van der Waals surface area contributed by atoms with Gasteiger partial charge in [0.1, 0.15) is 5.52 Å². The summed E-state index contributed by atoms with van der Waals surface area (Å²) < 4.78 is 7.69. The first-order valence-corrected chi connectivity index (χ1v) is 8.77. The van der Waals surface area contributed by atoms with E-state index >= 15 is 0 Å². The lowest BCUT2D eigenvalue weighted by Gasteiger charge is -2.35. The number of aryl methyl sites for hydroxylation is 2. The molecule has 0 unspecified atom stereocenters. The van der Waals surface area contributed by atoms with Crippen molar-refractivity contribution in [3.8, 4) is 0 Å². The quantitative estimate of drug-likeness (QED) is 0.735. The number of piperidine rings is 1. The van der Waals surface area contributed by atoms with E-state index in [9.17, 15) is 4.79 Å². The predicted octanol–water partition coefficient (Wildman–Crippen LogP) is 3.34. The number of likely N-dealkylation sites (tertiary alicyclic amines) is 1. The Morgan fingerprint density at radius 3 is 3.00 bits per heavy atom. The van der Waals surface area contributed by atoms with Gasteiger partial charge in [-0.1, -0.05) is 0 Å². The van der Waals surface area contributed by atoms with E-state index in [1.54, 1.807) is 6.07 Å². The fraction of sp³-hybridized carbons (Fsp3) is 0.421. The molecule has 0 aliphatic carbocycles. The number of hydrogen-bond acceptors (Lipinski definition) is 4. The normalized spacial score (nSPS) is 18.0. The maximum Gasteiger partial charge on any atom is 0.289 e. The van der Waals surface area contributed by atoms with Crippen LogP contribution in [0.4, 0.5) is 0 Å². The number of amides is 1. The fourth-order valence-corrected chi connectivity index (χ4v) is 3.51. The number of carbonyl (C=O) groups is 1. The van der Waals surface area contributed by atoms with Crippen molar-refractivity contribution in [3.05, 3.63) is 47.6 Å². The van der Waals surface area contributed by atoms with Crippen molar-refractivity contribution in [3.63, 3.8) is 0 Å². The Hall–Kier alpha value is -2.63. The molecule has 4 heterocycles. The van der Waals surface area contributed by atoms with E-state index in [-0.39, 0.29) is 11.9 Å². The van der Waals surface area contributed by atoms with Crippen molar-refractivity contribution in [2.45, 2.75) is 45.7 Å². The Morgan fingerprint density at radius 1 is 1.32 bits per heavy atom. The molecule has 6 heteroatoms. The van der Waals surface area contributed by atoms with Crippen molar-refractivity contribution in [1.82, 2.24) is 19.7 Å². The molecular formula is C19H22N4O2. The minimum absolute atomic E-state index is 0.0516. The second-order valence-electron chi connectivity index (χ2n) is 6.83. The van der Waals surface area contributed by atoms with Crippen molar-refractivity contribution in [2.75, 3.05) is 6.54 Å². The monoisotopic (exact) mass is 338 g/mol. The molecule has 0 N–H and O–H groups in total. The van der Waals surface area contributed by atoms with Crippen LogP contribution in [-0.2, 0) is 6.54 Å². The fourth-order valence-electron chi connectivity index (χ4n) is 3.51. The average Bonchev–Trinajstić information content (AvgIpc) is 3.20. The third-order valence-corrected chi connectivity index (χ3v) is 4.77. The van der Waals surface area contributed by atoms with Crippen molar-refractivity contribution in [2.24, 2.45) is 0 Å². The second-order valence-corrected chi connectivity index (χ2v) is 6.83. The average molecular weight is 338 g/mol. The van der Waals surface area contributed by atoms with Gasteiger partial charge in [0.15, 0.2) is 11.3 Å². The molecule has 1 fully saturated rings.